The number of aryl methyl sites for hydroxylation is 1. The Morgan fingerprint density at radius 2 is 2.20 bits per heavy atom. The second-order valence-electron chi connectivity index (χ2n) is 4.54. The number of hydrogen-bond donors (Lipinski definition) is 3. The molecule has 3 N–H and O–H groups in total. The van der Waals surface area contributed by atoms with Crippen LogP contribution in [0.25, 0.3) is 11.5 Å². The van der Waals surface area contributed by atoms with Gasteiger partial charge in [-0.25, -0.2) is 4.98 Å². The number of hydrogen-bond acceptors (Lipinski definition) is 5. The summed E-state index contributed by atoms with van der Waals surface area (Å²) in [5.74, 6) is 2.58. The maximum Gasteiger partial charge on any atom is 0.152 e. The van der Waals surface area contributed by atoms with Crippen molar-refractivity contribution in [1.29, 1.82) is 0 Å². The van der Waals surface area contributed by atoms with E-state index in [9.17, 15) is 0 Å². The lowest BCUT2D eigenvalue weighted by Crippen LogP contribution is -2.17. The third kappa shape index (κ3) is 2.77. The van der Waals surface area contributed by atoms with Crippen molar-refractivity contribution < 1.29 is 4.42 Å². The molecule has 0 radical (unpaired) electrons. The molecule has 0 atom stereocenters. The third-order valence-electron chi connectivity index (χ3n) is 3.02. The first-order valence-electron chi connectivity index (χ1n) is 6.47. The van der Waals surface area contributed by atoms with Gasteiger partial charge in [-0.15, -0.1) is 0 Å². The van der Waals surface area contributed by atoms with Crippen molar-refractivity contribution in [3.63, 3.8) is 0 Å². The Bertz CT molecular complexity index is 654. The molecular formula is C13H16N6O. The molecule has 0 aliphatic rings. The van der Waals surface area contributed by atoms with Gasteiger partial charge in [0.1, 0.15) is 23.6 Å². The Hall–Kier alpha value is -2.41. The van der Waals surface area contributed by atoms with Crippen LogP contribution in [0.1, 0.15) is 17.1 Å². The van der Waals surface area contributed by atoms with E-state index in [1.807, 2.05) is 25.3 Å². The highest BCUT2D eigenvalue weighted by Crippen LogP contribution is 2.23. The second-order valence-corrected chi connectivity index (χ2v) is 4.54. The molecule has 0 aliphatic heterocycles. The van der Waals surface area contributed by atoms with E-state index in [2.05, 4.69) is 30.7 Å². The standard InChI is InChI=1S/C13H16N6O/c1-9-2-3-11(20-9)13-10(7-16-19-13)6-14-5-4-12-15-8-17-18-12/h2-3,7-8,14H,4-6H2,1H3,(H,16,19)(H,15,17,18). The van der Waals surface area contributed by atoms with E-state index in [0.717, 1.165) is 48.1 Å². The zero-order valence-corrected chi connectivity index (χ0v) is 11.2. The smallest absolute Gasteiger partial charge is 0.152 e. The van der Waals surface area contributed by atoms with Crippen LogP contribution < -0.4 is 5.32 Å². The lowest BCUT2D eigenvalue weighted by molar-refractivity contribution is 0.545. The predicted molar refractivity (Wildman–Crippen MR) is 72.8 cm³/mol. The molecule has 7 nitrogen and oxygen atoms in total. The van der Waals surface area contributed by atoms with E-state index in [1.54, 1.807) is 0 Å². The maximum absolute atomic E-state index is 5.61. The molecule has 0 unspecified atom stereocenters. The molecule has 0 spiro atoms. The van der Waals surface area contributed by atoms with Crippen LogP contribution in [0.15, 0.2) is 29.1 Å². The van der Waals surface area contributed by atoms with Gasteiger partial charge in [-0.2, -0.15) is 10.2 Å². The molecule has 104 valence electrons. The van der Waals surface area contributed by atoms with Crippen molar-refractivity contribution >= 4 is 0 Å². The minimum Gasteiger partial charge on any atom is -0.460 e. The highest BCUT2D eigenvalue weighted by molar-refractivity contribution is 5.56. The molecule has 0 fully saturated rings. The van der Waals surface area contributed by atoms with Gasteiger partial charge in [0.15, 0.2) is 5.76 Å². The summed E-state index contributed by atoms with van der Waals surface area (Å²) in [7, 11) is 0. The van der Waals surface area contributed by atoms with Crippen molar-refractivity contribution in [3.8, 4) is 11.5 Å². The van der Waals surface area contributed by atoms with Gasteiger partial charge < -0.3 is 9.73 Å². The van der Waals surface area contributed by atoms with E-state index in [1.165, 1.54) is 6.33 Å². The number of H-pyrrole nitrogens is 2. The average molecular weight is 272 g/mol. The second kappa shape index (κ2) is 5.70. The first kappa shape index (κ1) is 12.6. The number of aromatic amines is 2. The van der Waals surface area contributed by atoms with E-state index >= 15 is 0 Å². The Labute approximate surface area is 115 Å². The van der Waals surface area contributed by atoms with Crippen LogP contribution in [0.2, 0.25) is 0 Å². The summed E-state index contributed by atoms with van der Waals surface area (Å²) in [4.78, 5) is 4.08. The summed E-state index contributed by atoms with van der Waals surface area (Å²) in [5, 5.41) is 17.1. The quantitative estimate of drug-likeness (QED) is 0.590. The fourth-order valence-corrected chi connectivity index (χ4v) is 2.01. The van der Waals surface area contributed by atoms with Gasteiger partial charge in [-0.1, -0.05) is 0 Å². The monoisotopic (exact) mass is 272 g/mol. The predicted octanol–water partition coefficient (Wildman–Crippen LogP) is 1.43. The Kier molecular flexibility index (Phi) is 3.60. The SMILES string of the molecule is Cc1ccc(-c2[nH]ncc2CNCCc2ncn[nH]2)o1. The van der Waals surface area contributed by atoms with Gasteiger partial charge in [0, 0.05) is 25.1 Å². The molecule has 3 aromatic rings. The van der Waals surface area contributed by atoms with Crippen LogP contribution in [0.4, 0.5) is 0 Å². The summed E-state index contributed by atoms with van der Waals surface area (Å²) in [5.41, 5.74) is 2.00. The van der Waals surface area contributed by atoms with Gasteiger partial charge >= 0.3 is 0 Å². The Morgan fingerprint density at radius 1 is 1.25 bits per heavy atom. The first-order valence-corrected chi connectivity index (χ1v) is 6.47. The fourth-order valence-electron chi connectivity index (χ4n) is 2.01. The van der Waals surface area contributed by atoms with E-state index < -0.39 is 0 Å². The first-order chi connectivity index (χ1) is 9.83. The zero-order chi connectivity index (χ0) is 13.8. The minimum atomic E-state index is 0.722. The van der Waals surface area contributed by atoms with Gasteiger partial charge in [0.25, 0.3) is 0 Å². The van der Waals surface area contributed by atoms with Gasteiger partial charge in [0.2, 0.25) is 0 Å². The van der Waals surface area contributed by atoms with Crippen molar-refractivity contribution in [2.75, 3.05) is 6.54 Å². The van der Waals surface area contributed by atoms with Crippen LogP contribution in [0, 0.1) is 6.92 Å². The molecule has 0 bridgehead atoms. The van der Waals surface area contributed by atoms with Crippen molar-refractivity contribution in [2.24, 2.45) is 0 Å². The van der Waals surface area contributed by atoms with Crippen LogP contribution >= 0.6 is 0 Å². The number of nitrogens with one attached hydrogen (secondary N) is 3. The lowest BCUT2D eigenvalue weighted by atomic mass is 10.2. The molecule has 0 saturated heterocycles. The topological polar surface area (TPSA) is 95.4 Å². The van der Waals surface area contributed by atoms with E-state index in [4.69, 9.17) is 4.42 Å². The Balaban J connectivity index is 1.57. The average Bonchev–Trinajstić information content (AvgIpc) is 3.16. The lowest BCUT2D eigenvalue weighted by Gasteiger charge is -2.03. The van der Waals surface area contributed by atoms with Crippen LogP contribution in [-0.2, 0) is 13.0 Å². The largest absolute Gasteiger partial charge is 0.460 e. The number of nitrogens with zero attached hydrogens (tertiary/aromatic N) is 3. The van der Waals surface area contributed by atoms with Gasteiger partial charge in [-0.3, -0.25) is 10.2 Å². The molecule has 3 aromatic heterocycles. The molecule has 0 amide bonds. The summed E-state index contributed by atoms with van der Waals surface area (Å²) in [6.45, 7) is 3.46. The molecule has 3 heterocycles. The summed E-state index contributed by atoms with van der Waals surface area (Å²) < 4.78 is 5.61. The van der Waals surface area contributed by atoms with Crippen molar-refractivity contribution in [3.05, 3.63) is 41.8 Å². The fraction of sp³-hybridized carbons (Fsp3) is 0.308. The zero-order valence-electron chi connectivity index (χ0n) is 11.2. The third-order valence-corrected chi connectivity index (χ3v) is 3.02. The van der Waals surface area contributed by atoms with Crippen molar-refractivity contribution in [1.82, 2.24) is 30.7 Å². The molecule has 0 saturated carbocycles. The van der Waals surface area contributed by atoms with Gasteiger partial charge in [0.05, 0.1) is 6.20 Å². The highest BCUT2D eigenvalue weighted by atomic mass is 16.3. The molecule has 0 aliphatic carbocycles. The molecule has 3 rings (SSSR count). The molecule has 20 heavy (non-hydrogen) atoms. The summed E-state index contributed by atoms with van der Waals surface area (Å²) in [6, 6.07) is 3.89. The molecular weight excluding hydrogens is 256 g/mol. The van der Waals surface area contributed by atoms with E-state index in [0.29, 0.717) is 0 Å². The Morgan fingerprint density at radius 3 is 2.95 bits per heavy atom. The minimum absolute atomic E-state index is 0.722. The van der Waals surface area contributed by atoms with Crippen LogP contribution in [0.5, 0.6) is 0 Å². The van der Waals surface area contributed by atoms with Gasteiger partial charge in [-0.05, 0) is 19.1 Å². The van der Waals surface area contributed by atoms with Crippen LogP contribution in [-0.4, -0.2) is 31.9 Å². The number of aromatic nitrogens is 5. The molecule has 0 aromatic carbocycles. The van der Waals surface area contributed by atoms with Crippen LogP contribution in [0.3, 0.4) is 0 Å². The number of rotatable bonds is 6. The number of furan rings is 1. The highest BCUT2D eigenvalue weighted by Gasteiger charge is 2.10. The summed E-state index contributed by atoms with van der Waals surface area (Å²) >= 11 is 0. The van der Waals surface area contributed by atoms with Crippen molar-refractivity contribution in [2.45, 2.75) is 19.9 Å². The van der Waals surface area contributed by atoms with E-state index in [-0.39, 0.29) is 0 Å². The maximum atomic E-state index is 5.61. The molecule has 7 heteroatoms. The summed E-state index contributed by atoms with van der Waals surface area (Å²) in [6.07, 6.45) is 4.14. The normalized spacial score (nSPS) is 11.1.